The summed E-state index contributed by atoms with van der Waals surface area (Å²) in [6.07, 6.45) is 1.43. The number of amides is 1. The largest absolute Gasteiger partial charge is 0.352 e. The molecule has 0 heterocycles. The Bertz CT molecular complexity index is 1140. The number of halogens is 1. The number of aryl methyl sites for hydroxylation is 2. The van der Waals surface area contributed by atoms with Gasteiger partial charge in [-0.3, -0.25) is 9.10 Å². The molecule has 5 nitrogen and oxygen atoms in total. The Labute approximate surface area is 182 Å². The maximum atomic E-state index is 12.9. The van der Waals surface area contributed by atoms with E-state index in [1.807, 2.05) is 6.92 Å². The molecule has 0 bridgehead atoms. The monoisotopic (exact) mass is 440 g/mol. The zero-order valence-corrected chi connectivity index (χ0v) is 18.3. The van der Waals surface area contributed by atoms with Gasteiger partial charge in [0.25, 0.3) is 15.9 Å². The summed E-state index contributed by atoms with van der Waals surface area (Å²) in [5.41, 5.74) is 2.75. The molecule has 0 unspecified atom stereocenters. The number of carbonyl (C=O) groups excluding carboxylic acids is 1. The van der Waals surface area contributed by atoms with Crippen LogP contribution in [0, 0.1) is 12.7 Å². The van der Waals surface area contributed by atoms with Crippen LogP contribution in [-0.2, 0) is 16.4 Å². The highest BCUT2D eigenvalue weighted by Crippen LogP contribution is 2.23. The lowest BCUT2D eigenvalue weighted by atomic mass is 10.1. The molecular formula is C24H25FN2O3S. The minimum absolute atomic E-state index is 0.191. The van der Waals surface area contributed by atoms with E-state index >= 15 is 0 Å². The number of anilines is 1. The predicted molar refractivity (Wildman–Crippen MR) is 120 cm³/mol. The van der Waals surface area contributed by atoms with Gasteiger partial charge in [-0.15, -0.1) is 0 Å². The molecule has 0 aromatic heterocycles. The van der Waals surface area contributed by atoms with E-state index in [2.05, 4.69) is 5.32 Å². The first-order chi connectivity index (χ1) is 14.8. The Morgan fingerprint density at radius 1 is 1.00 bits per heavy atom. The number of hydrogen-bond acceptors (Lipinski definition) is 3. The fourth-order valence-electron chi connectivity index (χ4n) is 3.10. The summed E-state index contributed by atoms with van der Waals surface area (Å²) in [6, 6.07) is 19.4. The number of hydrogen-bond donors (Lipinski definition) is 1. The van der Waals surface area contributed by atoms with E-state index in [1.54, 1.807) is 60.7 Å². The number of sulfonamides is 1. The van der Waals surface area contributed by atoms with Gasteiger partial charge in [0, 0.05) is 19.2 Å². The Kier molecular flexibility index (Phi) is 7.07. The maximum absolute atomic E-state index is 12.9. The van der Waals surface area contributed by atoms with Crippen molar-refractivity contribution in [1.82, 2.24) is 5.32 Å². The van der Waals surface area contributed by atoms with Crippen LogP contribution in [0.25, 0.3) is 0 Å². The second-order valence-corrected chi connectivity index (χ2v) is 9.29. The molecule has 162 valence electrons. The zero-order chi connectivity index (χ0) is 22.4. The third-order valence-electron chi connectivity index (χ3n) is 4.99. The van der Waals surface area contributed by atoms with Crippen molar-refractivity contribution in [1.29, 1.82) is 0 Å². The van der Waals surface area contributed by atoms with Crippen LogP contribution in [0.15, 0.2) is 77.7 Å². The van der Waals surface area contributed by atoms with E-state index in [1.165, 1.54) is 23.5 Å². The third kappa shape index (κ3) is 5.70. The van der Waals surface area contributed by atoms with Crippen LogP contribution in [0.3, 0.4) is 0 Å². The number of nitrogens with zero attached hydrogens (tertiary/aromatic N) is 1. The van der Waals surface area contributed by atoms with Gasteiger partial charge in [-0.25, -0.2) is 12.8 Å². The van der Waals surface area contributed by atoms with Crippen molar-refractivity contribution in [2.45, 2.75) is 24.7 Å². The first-order valence-electron chi connectivity index (χ1n) is 9.96. The molecule has 3 rings (SSSR count). The second-order valence-electron chi connectivity index (χ2n) is 7.32. The maximum Gasteiger partial charge on any atom is 0.264 e. The van der Waals surface area contributed by atoms with Crippen molar-refractivity contribution in [2.24, 2.45) is 0 Å². The lowest BCUT2D eigenvalue weighted by Gasteiger charge is -2.20. The van der Waals surface area contributed by atoms with Gasteiger partial charge >= 0.3 is 0 Å². The molecule has 0 saturated carbocycles. The Morgan fingerprint density at radius 2 is 1.68 bits per heavy atom. The summed E-state index contributed by atoms with van der Waals surface area (Å²) in [7, 11) is -2.26. The third-order valence-corrected chi connectivity index (χ3v) is 6.79. The summed E-state index contributed by atoms with van der Waals surface area (Å²) in [6.45, 7) is 2.35. The molecule has 0 radical (unpaired) electrons. The quantitative estimate of drug-likeness (QED) is 0.531. The number of rotatable bonds is 8. The molecule has 0 fully saturated rings. The van der Waals surface area contributed by atoms with Crippen molar-refractivity contribution in [3.8, 4) is 0 Å². The highest BCUT2D eigenvalue weighted by atomic mass is 32.2. The van der Waals surface area contributed by atoms with Crippen LogP contribution in [0.4, 0.5) is 10.1 Å². The van der Waals surface area contributed by atoms with Gasteiger partial charge in [0.15, 0.2) is 0 Å². The van der Waals surface area contributed by atoms with E-state index in [0.717, 1.165) is 17.5 Å². The topological polar surface area (TPSA) is 66.5 Å². The Balaban J connectivity index is 1.62. The summed E-state index contributed by atoms with van der Waals surface area (Å²) in [5.74, 6) is -0.548. The first-order valence-corrected chi connectivity index (χ1v) is 11.4. The SMILES string of the molecule is Cc1ccc(S(=O)(=O)N(C)c2cccc(C(=O)NCCCc3ccc(F)cc3)c2)cc1. The van der Waals surface area contributed by atoms with Crippen LogP contribution in [-0.4, -0.2) is 27.9 Å². The number of carbonyl (C=O) groups is 1. The molecule has 3 aromatic carbocycles. The van der Waals surface area contributed by atoms with Crippen LogP contribution >= 0.6 is 0 Å². The summed E-state index contributed by atoms with van der Waals surface area (Å²) in [4.78, 5) is 12.7. The van der Waals surface area contributed by atoms with E-state index in [-0.39, 0.29) is 16.6 Å². The van der Waals surface area contributed by atoms with Gasteiger partial charge in [-0.2, -0.15) is 0 Å². The van der Waals surface area contributed by atoms with Crippen molar-refractivity contribution in [3.63, 3.8) is 0 Å². The number of nitrogens with one attached hydrogen (secondary N) is 1. The van der Waals surface area contributed by atoms with Crippen LogP contribution < -0.4 is 9.62 Å². The van der Waals surface area contributed by atoms with Crippen molar-refractivity contribution < 1.29 is 17.6 Å². The summed E-state index contributed by atoms with van der Waals surface area (Å²) < 4.78 is 39.9. The molecule has 0 aliphatic rings. The van der Waals surface area contributed by atoms with Gasteiger partial charge in [0.1, 0.15) is 5.82 Å². The fraction of sp³-hybridized carbons (Fsp3) is 0.208. The molecule has 0 atom stereocenters. The van der Waals surface area contributed by atoms with Crippen LogP contribution in [0.1, 0.15) is 27.9 Å². The van der Waals surface area contributed by atoms with Gasteiger partial charge in [0.2, 0.25) is 0 Å². The average molecular weight is 441 g/mol. The molecular weight excluding hydrogens is 415 g/mol. The van der Waals surface area contributed by atoms with Crippen molar-refractivity contribution in [2.75, 3.05) is 17.9 Å². The standard InChI is InChI=1S/C24H25FN2O3S/c1-18-8-14-23(15-9-18)31(29,30)27(2)22-7-3-6-20(17-22)24(28)26-16-4-5-19-10-12-21(25)13-11-19/h3,6-15,17H,4-5,16H2,1-2H3,(H,26,28). The van der Waals surface area contributed by atoms with Gasteiger partial charge in [-0.05, 0) is 67.8 Å². The van der Waals surface area contributed by atoms with E-state index in [0.29, 0.717) is 24.2 Å². The van der Waals surface area contributed by atoms with Crippen LogP contribution in [0.2, 0.25) is 0 Å². The molecule has 0 aliphatic carbocycles. The molecule has 7 heteroatoms. The lowest BCUT2D eigenvalue weighted by molar-refractivity contribution is 0.0953. The first kappa shape index (κ1) is 22.5. The molecule has 0 aliphatic heterocycles. The Hall–Kier alpha value is -3.19. The molecule has 1 N–H and O–H groups in total. The van der Waals surface area contributed by atoms with E-state index in [9.17, 15) is 17.6 Å². The van der Waals surface area contributed by atoms with E-state index in [4.69, 9.17) is 0 Å². The van der Waals surface area contributed by atoms with E-state index < -0.39 is 10.0 Å². The highest BCUT2D eigenvalue weighted by Gasteiger charge is 2.21. The summed E-state index contributed by atoms with van der Waals surface area (Å²) >= 11 is 0. The average Bonchev–Trinajstić information content (AvgIpc) is 2.77. The minimum Gasteiger partial charge on any atom is -0.352 e. The second kappa shape index (κ2) is 9.75. The fourth-order valence-corrected chi connectivity index (χ4v) is 4.29. The smallest absolute Gasteiger partial charge is 0.264 e. The van der Waals surface area contributed by atoms with Gasteiger partial charge in [0.05, 0.1) is 10.6 Å². The minimum atomic E-state index is -3.73. The predicted octanol–water partition coefficient (Wildman–Crippen LogP) is 4.32. The lowest BCUT2D eigenvalue weighted by Crippen LogP contribution is -2.28. The van der Waals surface area contributed by atoms with Crippen LogP contribution in [0.5, 0.6) is 0 Å². The zero-order valence-electron chi connectivity index (χ0n) is 17.5. The number of benzene rings is 3. The normalized spacial score (nSPS) is 11.2. The van der Waals surface area contributed by atoms with Crippen molar-refractivity contribution in [3.05, 3.63) is 95.3 Å². The highest BCUT2D eigenvalue weighted by molar-refractivity contribution is 7.92. The molecule has 3 aromatic rings. The molecule has 31 heavy (non-hydrogen) atoms. The van der Waals surface area contributed by atoms with Gasteiger partial charge < -0.3 is 5.32 Å². The molecule has 0 spiro atoms. The van der Waals surface area contributed by atoms with Gasteiger partial charge in [-0.1, -0.05) is 35.9 Å². The molecule has 0 saturated heterocycles. The molecule has 1 amide bonds. The summed E-state index contributed by atoms with van der Waals surface area (Å²) in [5, 5.41) is 2.84. The van der Waals surface area contributed by atoms with Crippen molar-refractivity contribution >= 4 is 21.6 Å². The Morgan fingerprint density at radius 3 is 2.35 bits per heavy atom.